The fourth-order valence-corrected chi connectivity index (χ4v) is 4.86. The number of alkyl halides is 3. The van der Waals surface area contributed by atoms with E-state index in [9.17, 15) is 18.0 Å². The molecule has 1 aliphatic heterocycles. The first kappa shape index (κ1) is 25.8. The molecule has 0 saturated heterocycles. The molecular weight excluding hydrogens is 525 g/mol. The van der Waals surface area contributed by atoms with Gasteiger partial charge in [0.05, 0.1) is 31.0 Å². The lowest BCUT2D eigenvalue weighted by Gasteiger charge is -2.25. The van der Waals surface area contributed by atoms with Crippen LogP contribution in [0.4, 0.5) is 13.2 Å². The van der Waals surface area contributed by atoms with Crippen LogP contribution in [0.1, 0.15) is 34.3 Å². The van der Waals surface area contributed by atoms with Gasteiger partial charge in [-0.3, -0.25) is 4.79 Å². The molecule has 1 aliphatic carbocycles. The SMILES string of the molecule is COc1ccc(OC)c(-c2nc3cc4c(cc3cc2CN(C(=O)c2ccc(C(F)(F)F)cc2)C2CC2)OCO4)c1. The number of pyridine rings is 1. The highest BCUT2D eigenvalue weighted by atomic mass is 19.4. The van der Waals surface area contributed by atoms with Gasteiger partial charge in [0.15, 0.2) is 11.5 Å². The lowest BCUT2D eigenvalue weighted by molar-refractivity contribution is -0.137. The van der Waals surface area contributed by atoms with E-state index >= 15 is 0 Å². The van der Waals surface area contributed by atoms with Crippen molar-refractivity contribution in [2.75, 3.05) is 21.0 Å². The van der Waals surface area contributed by atoms with Crippen molar-refractivity contribution in [3.63, 3.8) is 0 Å². The number of ether oxygens (including phenoxy) is 4. The normalized spacial score (nSPS) is 14.3. The van der Waals surface area contributed by atoms with Crippen LogP contribution in [0.25, 0.3) is 22.2 Å². The lowest BCUT2D eigenvalue weighted by Crippen LogP contribution is -2.33. The topological polar surface area (TPSA) is 70.1 Å². The van der Waals surface area contributed by atoms with E-state index in [2.05, 4.69) is 0 Å². The van der Waals surface area contributed by atoms with Crippen LogP contribution in [0.5, 0.6) is 23.0 Å². The van der Waals surface area contributed by atoms with Crippen LogP contribution < -0.4 is 18.9 Å². The van der Waals surface area contributed by atoms with Crippen molar-refractivity contribution in [1.29, 1.82) is 0 Å². The van der Waals surface area contributed by atoms with Crippen molar-refractivity contribution in [2.45, 2.75) is 31.6 Å². The zero-order valence-electron chi connectivity index (χ0n) is 21.7. The van der Waals surface area contributed by atoms with E-state index < -0.39 is 11.7 Å². The van der Waals surface area contributed by atoms with E-state index in [0.717, 1.165) is 35.9 Å². The number of carbonyl (C=O) groups is 1. The Morgan fingerprint density at radius 1 is 0.975 bits per heavy atom. The highest BCUT2D eigenvalue weighted by Gasteiger charge is 2.35. The molecule has 7 nitrogen and oxygen atoms in total. The summed E-state index contributed by atoms with van der Waals surface area (Å²) in [6, 6.07) is 15.3. The standard InChI is InChI=1S/C30H25F3N2O5/c1-37-22-9-10-25(38-2)23(13-22)28-19(11-18-12-26-27(40-16-39-26)14-24(18)34-28)15-35(21-7-8-21)29(36)17-3-5-20(6-4-17)30(31,32)33/h3-6,9-14,21H,7-8,15-16H2,1-2H3. The van der Waals surface area contributed by atoms with Gasteiger partial charge in [-0.05, 0) is 73.0 Å². The van der Waals surface area contributed by atoms with Crippen molar-refractivity contribution in [1.82, 2.24) is 9.88 Å². The van der Waals surface area contributed by atoms with Gasteiger partial charge in [-0.2, -0.15) is 13.2 Å². The predicted molar refractivity (Wildman–Crippen MR) is 141 cm³/mol. The summed E-state index contributed by atoms with van der Waals surface area (Å²) in [7, 11) is 3.13. The Bertz CT molecular complexity index is 1600. The third-order valence-corrected chi connectivity index (χ3v) is 7.10. The van der Waals surface area contributed by atoms with Gasteiger partial charge < -0.3 is 23.8 Å². The predicted octanol–water partition coefficient (Wildman–Crippen LogP) is 6.47. The second-order valence-electron chi connectivity index (χ2n) is 9.70. The van der Waals surface area contributed by atoms with Crippen LogP contribution in [0.3, 0.4) is 0 Å². The van der Waals surface area contributed by atoms with Crippen molar-refractivity contribution in [3.05, 3.63) is 77.4 Å². The minimum absolute atomic E-state index is 0.0256. The monoisotopic (exact) mass is 550 g/mol. The van der Waals surface area contributed by atoms with Gasteiger partial charge in [-0.15, -0.1) is 0 Å². The zero-order valence-corrected chi connectivity index (χ0v) is 21.7. The molecule has 6 rings (SSSR count). The molecule has 4 aromatic rings. The number of methoxy groups -OCH3 is 2. The fourth-order valence-electron chi connectivity index (χ4n) is 4.86. The summed E-state index contributed by atoms with van der Waals surface area (Å²) >= 11 is 0. The van der Waals surface area contributed by atoms with E-state index in [-0.39, 0.29) is 30.9 Å². The number of halogens is 3. The van der Waals surface area contributed by atoms with Crippen molar-refractivity contribution >= 4 is 16.8 Å². The number of aromatic nitrogens is 1. The largest absolute Gasteiger partial charge is 0.497 e. The van der Waals surface area contributed by atoms with Crippen LogP contribution in [-0.4, -0.2) is 42.8 Å². The summed E-state index contributed by atoms with van der Waals surface area (Å²) in [6.07, 6.45) is -2.86. The molecule has 10 heteroatoms. The van der Waals surface area contributed by atoms with Gasteiger partial charge in [0.1, 0.15) is 11.5 Å². The van der Waals surface area contributed by atoms with Crippen LogP contribution in [0.15, 0.2) is 60.7 Å². The number of benzene rings is 3. The lowest BCUT2D eigenvalue weighted by atomic mass is 10.0. The number of fused-ring (bicyclic) bond motifs is 2. The Labute approximate surface area is 228 Å². The molecule has 1 aromatic heterocycles. The Balaban J connectivity index is 1.45. The summed E-state index contributed by atoms with van der Waals surface area (Å²) < 4.78 is 61.5. The number of carbonyl (C=O) groups excluding carboxylic acids is 1. The third-order valence-electron chi connectivity index (χ3n) is 7.10. The summed E-state index contributed by atoms with van der Waals surface area (Å²) in [5.74, 6) is 2.03. The van der Waals surface area contributed by atoms with Crippen LogP contribution in [0, 0.1) is 0 Å². The van der Waals surface area contributed by atoms with E-state index in [1.54, 1.807) is 31.3 Å². The first-order valence-corrected chi connectivity index (χ1v) is 12.7. The minimum Gasteiger partial charge on any atom is -0.497 e. The molecule has 2 aliphatic rings. The summed E-state index contributed by atoms with van der Waals surface area (Å²) in [4.78, 5) is 20.3. The smallest absolute Gasteiger partial charge is 0.416 e. The Morgan fingerprint density at radius 3 is 2.35 bits per heavy atom. The van der Waals surface area contributed by atoms with Gasteiger partial charge in [-0.25, -0.2) is 4.98 Å². The van der Waals surface area contributed by atoms with Crippen LogP contribution in [-0.2, 0) is 12.7 Å². The first-order valence-electron chi connectivity index (χ1n) is 12.7. The second-order valence-corrected chi connectivity index (χ2v) is 9.70. The molecule has 1 saturated carbocycles. The summed E-state index contributed by atoms with van der Waals surface area (Å²) in [6.45, 7) is 0.309. The van der Waals surface area contributed by atoms with Crippen LogP contribution >= 0.6 is 0 Å². The molecule has 1 amide bonds. The van der Waals surface area contributed by atoms with Gasteiger partial charge >= 0.3 is 6.18 Å². The molecular formula is C30H25F3N2O5. The molecule has 3 aromatic carbocycles. The maximum atomic E-state index is 13.6. The van der Waals surface area contributed by atoms with Crippen molar-refractivity contribution in [3.8, 4) is 34.3 Å². The van der Waals surface area contributed by atoms with Gasteiger partial charge in [-0.1, -0.05) is 0 Å². The van der Waals surface area contributed by atoms with E-state index in [1.165, 1.54) is 12.1 Å². The summed E-state index contributed by atoms with van der Waals surface area (Å²) in [5, 5.41) is 0.794. The van der Waals surface area contributed by atoms with Gasteiger partial charge in [0.2, 0.25) is 6.79 Å². The molecule has 206 valence electrons. The van der Waals surface area contributed by atoms with E-state index in [0.29, 0.717) is 39.8 Å². The van der Waals surface area contributed by atoms with Crippen molar-refractivity contribution < 1.29 is 36.9 Å². The number of hydrogen-bond acceptors (Lipinski definition) is 6. The number of nitrogens with zero attached hydrogens (tertiary/aromatic N) is 2. The molecule has 40 heavy (non-hydrogen) atoms. The maximum Gasteiger partial charge on any atom is 0.416 e. The van der Waals surface area contributed by atoms with E-state index in [1.807, 2.05) is 24.3 Å². The number of hydrogen-bond donors (Lipinski definition) is 0. The highest BCUT2D eigenvalue weighted by Crippen LogP contribution is 2.41. The minimum atomic E-state index is -4.48. The number of rotatable bonds is 7. The quantitative estimate of drug-likeness (QED) is 0.263. The molecule has 0 spiro atoms. The molecule has 1 fully saturated rings. The van der Waals surface area contributed by atoms with Crippen molar-refractivity contribution in [2.24, 2.45) is 0 Å². The molecule has 0 bridgehead atoms. The zero-order chi connectivity index (χ0) is 28.0. The second kappa shape index (κ2) is 9.93. The van der Waals surface area contributed by atoms with E-state index in [4.69, 9.17) is 23.9 Å². The molecule has 0 atom stereocenters. The molecule has 0 N–H and O–H groups in total. The maximum absolute atomic E-state index is 13.6. The summed E-state index contributed by atoms with van der Waals surface area (Å²) in [5.41, 5.74) is 2.07. The fraction of sp³-hybridized carbons (Fsp3) is 0.267. The van der Waals surface area contributed by atoms with Gasteiger partial charge in [0.25, 0.3) is 5.91 Å². The third kappa shape index (κ3) is 4.85. The Kier molecular flexibility index (Phi) is 6.40. The first-order chi connectivity index (χ1) is 19.2. The van der Waals surface area contributed by atoms with Gasteiger partial charge in [0, 0.05) is 35.2 Å². The average molecular weight is 551 g/mol. The number of amides is 1. The Hall–Kier alpha value is -4.47. The molecule has 2 heterocycles. The highest BCUT2D eigenvalue weighted by molar-refractivity contribution is 5.95. The molecule has 0 radical (unpaired) electrons. The Morgan fingerprint density at radius 2 is 1.70 bits per heavy atom. The molecule has 0 unspecified atom stereocenters. The van der Waals surface area contributed by atoms with Crippen LogP contribution in [0.2, 0.25) is 0 Å². The average Bonchev–Trinajstić information content (AvgIpc) is 3.70.